The highest BCUT2D eigenvalue weighted by Crippen LogP contribution is 2.23. The molecule has 0 atom stereocenters. The maximum atomic E-state index is 6.06. The molecule has 0 aromatic heterocycles. The Bertz CT molecular complexity index is 465. The fourth-order valence-electron chi connectivity index (χ4n) is 1.59. The second-order valence-corrected chi connectivity index (χ2v) is 4.16. The van der Waals surface area contributed by atoms with Crippen LogP contribution in [0.4, 0.5) is 5.69 Å². The molecule has 0 aliphatic rings. The maximum absolute atomic E-state index is 6.06. The van der Waals surface area contributed by atoms with Crippen molar-refractivity contribution in [2.75, 3.05) is 5.32 Å². The summed E-state index contributed by atoms with van der Waals surface area (Å²) in [6.07, 6.45) is 0. The summed E-state index contributed by atoms with van der Waals surface area (Å²) in [6, 6.07) is 16.2. The van der Waals surface area contributed by atoms with Gasteiger partial charge in [-0.05, 0) is 30.2 Å². The number of halogens is 1. The molecule has 0 radical (unpaired) electrons. The summed E-state index contributed by atoms with van der Waals surface area (Å²) >= 11 is 6.06. The van der Waals surface area contributed by atoms with E-state index in [-0.39, 0.29) is 0 Å². The van der Waals surface area contributed by atoms with E-state index in [4.69, 9.17) is 11.6 Å². The third-order valence-electron chi connectivity index (χ3n) is 2.59. The number of hydrogen-bond donors (Lipinski definition) is 1. The highest BCUT2D eigenvalue weighted by molar-refractivity contribution is 6.31. The van der Waals surface area contributed by atoms with Gasteiger partial charge in [-0.3, -0.25) is 0 Å². The Labute approximate surface area is 101 Å². The second kappa shape index (κ2) is 5.04. The molecule has 16 heavy (non-hydrogen) atoms. The first-order valence-corrected chi connectivity index (χ1v) is 5.68. The van der Waals surface area contributed by atoms with Gasteiger partial charge in [0.25, 0.3) is 0 Å². The van der Waals surface area contributed by atoms with E-state index >= 15 is 0 Å². The van der Waals surface area contributed by atoms with Crippen molar-refractivity contribution >= 4 is 17.3 Å². The fourth-order valence-corrected chi connectivity index (χ4v) is 1.77. The number of nitrogens with one attached hydrogen (secondary N) is 1. The van der Waals surface area contributed by atoms with Crippen LogP contribution in [-0.2, 0) is 6.54 Å². The quantitative estimate of drug-likeness (QED) is 0.832. The molecule has 82 valence electrons. The van der Waals surface area contributed by atoms with Crippen LogP contribution in [-0.4, -0.2) is 0 Å². The van der Waals surface area contributed by atoms with Crippen molar-refractivity contribution in [2.24, 2.45) is 0 Å². The highest BCUT2D eigenvalue weighted by Gasteiger charge is 2.00. The predicted molar refractivity (Wildman–Crippen MR) is 70.0 cm³/mol. The molecule has 2 aromatic carbocycles. The van der Waals surface area contributed by atoms with Crippen LogP contribution in [0.2, 0.25) is 5.02 Å². The van der Waals surface area contributed by atoms with Crippen molar-refractivity contribution in [3.63, 3.8) is 0 Å². The number of rotatable bonds is 3. The van der Waals surface area contributed by atoms with Crippen LogP contribution in [0, 0.1) is 6.92 Å². The van der Waals surface area contributed by atoms with E-state index in [2.05, 4.69) is 17.4 Å². The van der Waals surface area contributed by atoms with Gasteiger partial charge in [-0.1, -0.05) is 48.0 Å². The van der Waals surface area contributed by atoms with Gasteiger partial charge in [-0.25, -0.2) is 0 Å². The van der Waals surface area contributed by atoms with Gasteiger partial charge in [0.2, 0.25) is 0 Å². The molecule has 0 aliphatic carbocycles. The SMILES string of the molecule is Cc1c(Cl)cccc1NCc1ccccc1. The lowest BCUT2D eigenvalue weighted by Gasteiger charge is -2.10. The molecule has 0 bridgehead atoms. The molecular weight excluding hydrogens is 218 g/mol. The molecule has 0 fully saturated rings. The van der Waals surface area contributed by atoms with Crippen LogP contribution >= 0.6 is 11.6 Å². The summed E-state index contributed by atoms with van der Waals surface area (Å²) < 4.78 is 0. The Morgan fingerprint density at radius 1 is 1.00 bits per heavy atom. The predicted octanol–water partition coefficient (Wildman–Crippen LogP) is 4.26. The molecule has 2 aromatic rings. The van der Waals surface area contributed by atoms with Crippen molar-refractivity contribution in [2.45, 2.75) is 13.5 Å². The molecule has 0 amide bonds. The Balaban J connectivity index is 2.08. The average molecular weight is 232 g/mol. The van der Waals surface area contributed by atoms with Crippen LogP contribution in [0.1, 0.15) is 11.1 Å². The first-order chi connectivity index (χ1) is 7.77. The van der Waals surface area contributed by atoms with E-state index in [0.717, 1.165) is 22.8 Å². The van der Waals surface area contributed by atoms with Gasteiger partial charge >= 0.3 is 0 Å². The van der Waals surface area contributed by atoms with E-state index in [1.807, 2.05) is 43.3 Å². The van der Waals surface area contributed by atoms with Gasteiger partial charge in [-0.2, -0.15) is 0 Å². The normalized spacial score (nSPS) is 10.1. The van der Waals surface area contributed by atoms with E-state index in [1.165, 1.54) is 5.56 Å². The molecule has 0 aliphatic heterocycles. The zero-order valence-electron chi connectivity index (χ0n) is 9.20. The molecule has 0 spiro atoms. The van der Waals surface area contributed by atoms with Crippen molar-refractivity contribution in [1.82, 2.24) is 0 Å². The smallest absolute Gasteiger partial charge is 0.0455 e. The van der Waals surface area contributed by atoms with E-state index in [0.29, 0.717) is 0 Å². The molecular formula is C14H14ClN. The highest BCUT2D eigenvalue weighted by atomic mass is 35.5. The molecule has 2 rings (SSSR count). The maximum Gasteiger partial charge on any atom is 0.0455 e. The summed E-state index contributed by atoms with van der Waals surface area (Å²) in [7, 11) is 0. The zero-order valence-corrected chi connectivity index (χ0v) is 9.96. The van der Waals surface area contributed by atoms with Gasteiger partial charge in [0.05, 0.1) is 0 Å². The summed E-state index contributed by atoms with van der Waals surface area (Å²) in [5.41, 5.74) is 3.46. The summed E-state index contributed by atoms with van der Waals surface area (Å²) in [6.45, 7) is 2.84. The second-order valence-electron chi connectivity index (χ2n) is 3.75. The van der Waals surface area contributed by atoms with Gasteiger partial charge in [0.15, 0.2) is 0 Å². The molecule has 0 heterocycles. The molecule has 1 nitrogen and oxygen atoms in total. The number of anilines is 1. The van der Waals surface area contributed by atoms with Crippen molar-refractivity contribution < 1.29 is 0 Å². The van der Waals surface area contributed by atoms with E-state index in [9.17, 15) is 0 Å². The Hall–Kier alpha value is -1.47. The Morgan fingerprint density at radius 2 is 1.75 bits per heavy atom. The molecule has 0 unspecified atom stereocenters. The van der Waals surface area contributed by atoms with Crippen molar-refractivity contribution in [1.29, 1.82) is 0 Å². The van der Waals surface area contributed by atoms with Crippen molar-refractivity contribution in [3.8, 4) is 0 Å². The lowest BCUT2D eigenvalue weighted by atomic mass is 10.2. The van der Waals surface area contributed by atoms with Gasteiger partial charge in [0, 0.05) is 17.3 Å². The minimum absolute atomic E-state index is 0.804. The molecule has 0 saturated heterocycles. The third-order valence-corrected chi connectivity index (χ3v) is 3.00. The van der Waals surface area contributed by atoms with E-state index in [1.54, 1.807) is 0 Å². The first-order valence-electron chi connectivity index (χ1n) is 5.30. The largest absolute Gasteiger partial charge is 0.381 e. The molecule has 0 saturated carbocycles. The fraction of sp³-hybridized carbons (Fsp3) is 0.143. The number of hydrogen-bond acceptors (Lipinski definition) is 1. The molecule has 2 heteroatoms. The minimum Gasteiger partial charge on any atom is -0.381 e. The van der Waals surface area contributed by atoms with Gasteiger partial charge in [0.1, 0.15) is 0 Å². The summed E-state index contributed by atoms with van der Waals surface area (Å²) in [5, 5.41) is 4.19. The summed E-state index contributed by atoms with van der Waals surface area (Å²) in [5.74, 6) is 0. The third kappa shape index (κ3) is 2.56. The van der Waals surface area contributed by atoms with Crippen LogP contribution in [0.25, 0.3) is 0 Å². The minimum atomic E-state index is 0.804. The lowest BCUT2D eigenvalue weighted by molar-refractivity contribution is 1.14. The first kappa shape index (κ1) is 11.0. The number of benzene rings is 2. The lowest BCUT2D eigenvalue weighted by Crippen LogP contribution is -2.00. The Morgan fingerprint density at radius 3 is 2.50 bits per heavy atom. The zero-order chi connectivity index (χ0) is 11.4. The van der Waals surface area contributed by atoms with Crippen LogP contribution in [0.15, 0.2) is 48.5 Å². The van der Waals surface area contributed by atoms with Crippen LogP contribution in [0.3, 0.4) is 0 Å². The molecule has 1 N–H and O–H groups in total. The topological polar surface area (TPSA) is 12.0 Å². The van der Waals surface area contributed by atoms with E-state index < -0.39 is 0 Å². The Kier molecular flexibility index (Phi) is 3.47. The standard InChI is InChI=1S/C14H14ClN/c1-11-13(15)8-5-9-14(11)16-10-12-6-3-2-4-7-12/h2-9,16H,10H2,1H3. The average Bonchev–Trinajstić information content (AvgIpc) is 2.32. The monoisotopic (exact) mass is 231 g/mol. The van der Waals surface area contributed by atoms with Crippen LogP contribution < -0.4 is 5.32 Å². The van der Waals surface area contributed by atoms with Gasteiger partial charge < -0.3 is 5.32 Å². The summed E-state index contributed by atoms with van der Waals surface area (Å²) in [4.78, 5) is 0. The van der Waals surface area contributed by atoms with Crippen molar-refractivity contribution in [3.05, 3.63) is 64.7 Å². The van der Waals surface area contributed by atoms with Crippen LogP contribution in [0.5, 0.6) is 0 Å². The van der Waals surface area contributed by atoms with Gasteiger partial charge in [-0.15, -0.1) is 0 Å².